The van der Waals surface area contributed by atoms with Crippen LogP contribution in [0.25, 0.3) is 0 Å². The Labute approximate surface area is 124 Å². The zero-order valence-electron chi connectivity index (χ0n) is 11.0. The highest BCUT2D eigenvalue weighted by Crippen LogP contribution is 2.29. The smallest absolute Gasteiger partial charge is 0.303 e. The van der Waals surface area contributed by atoms with Gasteiger partial charge in [0.05, 0.1) is 17.9 Å². The number of hydrogen-bond donors (Lipinski definition) is 2. The largest absolute Gasteiger partial charge is 0.481 e. The number of carbonyl (C=O) groups excluding carboxylic acids is 1. The summed E-state index contributed by atoms with van der Waals surface area (Å²) in [5.74, 6) is -0.250. The van der Waals surface area contributed by atoms with Gasteiger partial charge in [-0.1, -0.05) is 17.3 Å². The Bertz CT molecular complexity index is 616. The molecule has 0 fully saturated rings. The second-order valence-corrected chi connectivity index (χ2v) is 5.09. The number of anilines is 1. The molecule has 0 unspecified atom stereocenters. The van der Waals surface area contributed by atoms with Crippen molar-refractivity contribution >= 4 is 29.3 Å². The van der Waals surface area contributed by atoms with Gasteiger partial charge < -0.3 is 14.9 Å². The second kappa shape index (κ2) is 7.44. The zero-order chi connectivity index (χ0) is 15.1. The number of nitrogens with zero attached hydrogens (tertiary/aromatic N) is 2. The van der Waals surface area contributed by atoms with Crippen molar-refractivity contribution < 1.29 is 19.2 Å². The zero-order valence-corrected chi connectivity index (χ0v) is 11.8. The number of aromatic nitrogens is 2. The molecular weight excluding hydrogens is 294 g/mol. The highest BCUT2D eigenvalue weighted by molar-refractivity contribution is 7.98. The third kappa shape index (κ3) is 4.92. The molecule has 1 aromatic heterocycles. The number of carboxylic acid groups (broad SMARTS) is 1. The molecule has 0 radical (unpaired) electrons. The molecule has 0 spiro atoms. The third-order valence-corrected chi connectivity index (χ3v) is 3.56. The van der Waals surface area contributed by atoms with Crippen LogP contribution < -0.4 is 5.32 Å². The highest BCUT2D eigenvalue weighted by atomic mass is 32.2. The highest BCUT2D eigenvalue weighted by Gasteiger charge is 2.10. The van der Waals surface area contributed by atoms with E-state index in [0.717, 1.165) is 4.90 Å². The molecule has 0 aliphatic heterocycles. The van der Waals surface area contributed by atoms with Crippen LogP contribution in [-0.2, 0) is 15.3 Å². The molecule has 0 bridgehead atoms. The molecule has 110 valence electrons. The average molecular weight is 307 g/mol. The molecule has 2 N–H and O–H groups in total. The summed E-state index contributed by atoms with van der Waals surface area (Å²) in [7, 11) is 0. The summed E-state index contributed by atoms with van der Waals surface area (Å²) in [6.45, 7) is 0. The van der Waals surface area contributed by atoms with Crippen molar-refractivity contribution in [3.8, 4) is 0 Å². The molecule has 0 atom stereocenters. The first-order chi connectivity index (χ1) is 10.1. The van der Waals surface area contributed by atoms with E-state index < -0.39 is 5.97 Å². The summed E-state index contributed by atoms with van der Waals surface area (Å²) in [5.41, 5.74) is 0.640. The minimum absolute atomic E-state index is 0.0564. The first kappa shape index (κ1) is 15.0. The molecule has 2 aromatic rings. The maximum Gasteiger partial charge on any atom is 0.303 e. The molecule has 7 nitrogen and oxygen atoms in total. The van der Waals surface area contributed by atoms with Gasteiger partial charge in [-0.25, -0.2) is 0 Å². The molecule has 0 aliphatic carbocycles. The first-order valence-electron chi connectivity index (χ1n) is 6.14. The summed E-state index contributed by atoms with van der Waals surface area (Å²) in [6, 6.07) is 7.27. The maximum absolute atomic E-state index is 11.7. The van der Waals surface area contributed by atoms with Gasteiger partial charge >= 0.3 is 5.97 Å². The average Bonchev–Trinajstić information content (AvgIpc) is 2.97. The number of aliphatic carboxylic acids is 1. The molecule has 1 aromatic carbocycles. The molecule has 1 amide bonds. The topological polar surface area (TPSA) is 105 Å². The van der Waals surface area contributed by atoms with E-state index in [9.17, 15) is 9.59 Å². The van der Waals surface area contributed by atoms with Crippen molar-refractivity contribution in [3.05, 3.63) is 36.5 Å². The van der Waals surface area contributed by atoms with Crippen LogP contribution in [0.15, 0.2) is 40.1 Å². The van der Waals surface area contributed by atoms with Gasteiger partial charge in [-0.05, 0) is 12.1 Å². The van der Waals surface area contributed by atoms with E-state index in [1.807, 2.05) is 12.1 Å². The number of carbonyl (C=O) groups is 2. The first-order valence-corrected chi connectivity index (χ1v) is 7.12. The van der Waals surface area contributed by atoms with Gasteiger partial charge in [-0.2, -0.15) is 4.98 Å². The van der Waals surface area contributed by atoms with Crippen molar-refractivity contribution in [1.29, 1.82) is 0 Å². The van der Waals surface area contributed by atoms with Gasteiger partial charge in [0, 0.05) is 11.3 Å². The number of amides is 1. The number of para-hydroxylation sites is 1. The summed E-state index contributed by atoms with van der Waals surface area (Å²) >= 11 is 1.46. The number of carboxylic acids is 1. The molecule has 2 rings (SSSR count). The van der Waals surface area contributed by atoms with Crippen LogP contribution in [0.1, 0.15) is 18.7 Å². The third-order valence-electron chi connectivity index (χ3n) is 2.49. The van der Waals surface area contributed by atoms with E-state index in [-0.39, 0.29) is 18.7 Å². The predicted molar refractivity (Wildman–Crippen MR) is 75.8 cm³/mol. The van der Waals surface area contributed by atoms with Crippen LogP contribution in [0.3, 0.4) is 0 Å². The van der Waals surface area contributed by atoms with Gasteiger partial charge in [-0.3, -0.25) is 9.59 Å². The summed E-state index contributed by atoms with van der Waals surface area (Å²) < 4.78 is 4.65. The fraction of sp³-hybridized carbons (Fsp3) is 0.231. The van der Waals surface area contributed by atoms with Gasteiger partial charge in [0.2, 0.25) is 12.3 Å². The van der Waals surface area contributed by atoms with Gasteiger partial charge in [-0.15, -0.1) is 11.8 Å². The maximum atomic E-state index is 11.7. The Morgan fingerprint density at radius 1 is 1.29 bits per heavy atom. The van der Waals surface area contributed by atoms with Crippen LogP contribution >= 0.6 is 11.8 Å². The lowest BCUT2D eigenvalue weighted by molar-refractivity contribution is -0.138. The van der Waals surface area contributed by atoms with Crippen LogP contribution in [-0.4, -0.2) is 27.1 Å². The molecule has 8 heteroatoms. The normalized spacial score (nSPS) is 10.3. The van der Waals surface area contributed by atoms with Crippen molar-refractivity contribution in [2.24, 2.45) is 0 Å². The lowest BCUT2D eigenvalue weighted by Gasteiger charge is -2.09. The van der Waals surface area contributed by atoms with Crippen LogP contribution in [0.5, 0.6) is 0 Å². The van der Waals surface area contributed by atoms with Crippen LogP contribution in [0, 0.1) is 0 Å². The molecule has 0 saturated carbocycles. The second-order valence-electron chi connectivity index (χ2n) is 4.07. The van der Waals surface area contributed by atoms with E-state index in [2.05, 4.69) is 20.0 Å². The Morgan fingerprint density at radius 2 is 2.10 bits per heavy atom. The Hall–Kier alpha value is -2.35. The van der Waals surface area contributed by atoms with Crippen molar-refractivity contribution in [1.82, 2.24) is 10.1 Å². The molecule has 21 heavy (non-hydrogen) atoms. The van der Waals surface area contributed by atoms with Crippen LogP contribution in [0.4, 0.5) is 5.69 Å². The van der Waals surface area contributed by atoms with Gasteiger partial charge in [0.15, 0.2) is 5.82 Å². The summed E-state index contributed by atoms with van der Waals surface area (Å²) in [5, 5.41) is 15.0. The monoisotopic (exact) mass is 307 g/mol. The standard InChI is InChI=1S/C13H13N3O4S/c17-12(5-6-13(18)19)15-9-3-1-2-4-10(9)21-7-11-14-8-20-16-11/h1-4,8H,5-7H2,(H,15,17)(H,18,19). The predicted octanol–water partition coefficient (Wildman–Crippen LogP) is 2.17. The SMILES string of the molecule is O=C(O)CCC(=O)Nc1ccccc1SCc1ncon1. The lowest BCUT2D eigenvalue weighted by atomic mass is 10.2. The number of nitrogens with one attached hydrogen (secondary N) is 1. The molecular formula is C13H13N3O4S. The number of hydrogen-bond acceptors (Lipinski definition) is 6. The lowest BCUT2D eigenvalue weighted by Crippen LogP contribution is -2.13. The van der Waals surface area contributed by atoms with E-state index in [1.165, 1.54) is 18.2 Å². The summed E-state index contributed by atoms with van der Waals surface area (Å²) in [6.07, 6.45) is 1.01. The Balaban J connectivity index is 1.96. The van der Waals surface area contributed by atoms with E-state index in [4.69, 9.17) is 5.11 Å². The summed E-state index contributed by atoms with van der Waals surface area (Å²) in [4.78, 5) is 26.9. The minimum Gasteiger partial charge on any atom is -0.481 e. The molecule has 1 heterocycles. The van der Waals surface area contributed by atoms with Gasteiger partial charge in [0.25, 0.3) is 0 Å². The number of benzene rings is 1. The van der Waals surface area contributed by atoms with Crippen molar-refractivity contribution in [3.63, 3.8) is 0 Å². The quantitative estimate of drug-likeness (QED) is 0.755. The number of rotatable bonds is 7. The minimum atomic E-state index is -0.995. The Kier molecular flexibility index (Phi) is 5.33. The fourth-order valence-electron chi connectivity index (χ4n) is 1.53. The number of thioether (sulfide) groups is 1. The van der Waals surface area contributed by atoms with Crippen molar-refractivity contribution in [2.75, 3.05) is 5.32 Å². The molecule has 0 aliphatic rings. The van der Waals surface area contributed by atoms with Crippen LogP contribution in [0.2, 0.25) is 0 Å². The fourth-order valence-corrected chi connectivity index (χ4v) is 2.39. The van der Waals surface area contributed by atoms with E-state index in [0.29, 0.717) is 17.3 Å². The van der Waals surface area contributed by atoms with E-state index >= 15 is 0 Å². The van der Waals surface area contributed by atoms with E-state index in [1.54, 1.807) is 12.1 Å². The Morgan fingerprint density at radius 3 is 2.81 bits per heavy atom. The van der Waals surface area contributed by atoms with Gasteiger partial charge in [0.1, 0.15) is 0 Å². The molecule has 0 saturated heterocycles. The van der Waals surface area contributed by atoms with Crippen molar-refractivity contribution in [2.45, 2.75) is 23.5 Å².